The number of aryl methyl sites for hydroxylation is 2. The van der Waals surface area contributed by atoms with E-state index in [2.05, 4.69) is 12.1 Å². The van der Waals surface area contributed by atoms with Crippen molar-refractivity contribution >= 4 is 11.6 Å². The van der Waals surface area contributed by atoms with E-state index in [-0.39, 0.29) is 24.0 Å². The molecule has 1 aromatic carbocycles. The minimum absolute atomic E-state index is 0. The molecule has 0 atom stereocenters. The molecule has 0 radical (unpaired) electrons. The second-order valence-corrected chi connectivity index (χ2v) is 5.54. The Hall–Kier alpha value is -2.01. The highest BCUT2D eigenvalue weighted by molar-refractivity contribution is 6.26. The average molecular weight is 334 g/mol. The van der Waals surface area contributed by atoms with Crippen LogP contribution in [0.2, 0.25) is 0 Å². The Bertz CT molecular complexity index is 752. The zero-order valence-electron chi connectivity index (χ0n) is 13.4. The predicted octanol–water partition coefficient (Wildman–Crippen LogP) is -0.840. The molecular weight excluding hydrogens is 314 g/mol. The van der Waals surface area contributed by atoms with E-state index in [1.807, 2.05) is 6.92 Å². The van der Waals surface area contributed by atoms with Gasteiger partial charge in [0.05, 0.1) is 5.21 Å². The lowest BCUT2D eigenvalue weighted by atomic mass is 9.90. The average Bonchev–Trinajstić information content (AvgIpc) is 2.92. The van der Waals surface area contributed by atoms with Crippen LogP contribution in [0.15, 0.2) is 24.3 Å². The van der Waals surface area contributed by atoms with Gasteiger partial charge in [-0.05, 0) is 19.8 Å². The molecule has 0 unspecified atom stereocenters. The van der Waals surface area contributed by atoms with E-state index in [9.17, 15) is 9.59 Å². The van der Waals surface area contributed by atoms with Crippen LogP contribution in [-0.4, -0.2) is 21.5 Å². The van der Waals surface area contributed by atoms with Gasteiger partial charge in [0, 0.05) is 11.1 Å². The van der Waals surface area contributed by atoms with Crippen molar-refractivity contribution in [1.82, 2.24) is 9.90 Å². The quantitative estimate of drug-likeness (QED) is 0.452. The molecule has 5 nitrogen and oxygen atoms in total. The third-order valence-corrected chi connectivity index (χ3v) is 4.08. The lowest BCUT2D eigenvalue weighted by molar-refractivity contribution is -0.757. The summed E-state index contributed by atoms with van der Waals surface area (Å²) in [5.74, 6) is -0.199. The molecule has 1 heterocycles. The molecule has 0 aliphatic heterocycles. The molecule has 0 N–H and O–H groups in total. The van der Waals surface area contributed by atoms with Crippen molar-refractivity contribution in [1.29, 1.82) is 0 Å². The maximum Gasteiger partial charge on any atom is 0.249 e. The van der Waals surface area contributed by atoms with Crippen LogP contribution in [0.4, 0.5) is 0 Å². The van der Waals surface area contributed by atoms with Crippen LogP contribution < -0.4 is 17.1 Å². The van der Waals surface area contributed by atoms with Crippen LogP contribution in [0.1, 0.15) is 65.2 Å². The number of nitrogens with zero attached hydrogens (tertiary/aromatic N) is 3. The first-order chi connectivity index (χ1) is 10.7. The monoisotopic (exact) mass is 333 g/mol. The van der Waals surface area contributed by atoms with Crippen LogP contribution in [-0.2, 0) is 13.1 Å². The fourth-order valence-corrected chi connectivity index (χ4v) is 2.94. The molecule has 0 saturated carbocycles. The predicted molar refractivity (Wildman–Crippen MR) is 80.9 cm³/mol. The standard InChI is InChI=1S/C17H20N3O2.ClH/c1-3-5-8-11-20-15-14(19(4-2)18-20)16(21)12-9-6-7-10-13(12)17(15)22;/h6-7,9-10H,3-5,8,11H2,1-2H3;1H/q+1;/p-1. The van der Waals surface area contributed by atoms with Crippen LogP contribution >= 0.6 is 0 Å². The van der Waals surface area contributed by atoms with Crippen LogP contribution in [0, 0.1) is 0 Å². The minimum atomic E-state index is -0.103. The van der Waals surface area contributed by atoms with E-state index in [1.54, 1.807) is 33.6 Å². The molecule has 2 aromatic rings. The molecule has 23 heavy (non-hydrogen) atoms. The lowest BCUT2D eigenvalue weighted by Gasteiger charge is -2.11. The third kappa shape index (κ3) is 2.81. The summed E-state index contributed by atoms with van der Waals surface area (Å²) in [6.45, 7) is 5.31. The van der Waals surface area contributed by atoms with Crippen molar-refractivity contribution in [3.8, 4) is 0 Å². The van der Waals surface area contributed by atoms with Crippen molar-refractivity contribution < 1.29 is 26.7 Å². The summed E-state index contributed by atoms with van der Waals surface area (Å²) >= 11 is 0. The van der Waals surface area contributed by atoms with Gasteiger partial charge in [0.25, 0.3) is 0 Å². The van der Waals surface area contributed by atoms with E-state index < -0.39 is 0 Å². The molecule has 0 fully saturated rings. The smallest absolute Gasteiger partial charge is 0.249 e. The zero-order chi connectivity index (χ0) is 15.7. The zero-order valence-corrected chi connectivity index (χ0v) is 14.1. The van der Waals surface area contributed by atoms with Crippen molar-refractivity contribution in [2.75, 3.05) is 0 Å². The SMILES string of the molecule is CCCCC[n+]1nn(CC)c2c1C(=O)c1ccccc1C2=O.[Cl-]. The minimum Gasteiger partial charge on any atom is -1.00 e. The van der Waals surface area contributed by atoms with Crippen molar-refractivity contribution in [2.45, 2.75) is 46.2 Å². The molecule has 1 aliphatic carbocycles. The van der Waals surface area contributed by atoms with Gasteiger partial charge < -0.3 is 12.4 Å². The maximum atomic E-state index is 12.8. The Morgan fingerprint density at radius 3 is 2.30 bits per heavy atom. The second kappa shape index (κ2) is 7.04. The number of rotatable bonds is 5. The summed E-state index contributed by atoms with van der Waals surface area (Å²) in [4.78, 5) is 25.6. The summed E-state index contributed by atoms with van der Waals surface area (Å²) in [5, 5.41) is 4.46. The molecule has 1 aromatic heterocycles. The van der Waals surface area contributed by atoms with Crippen LogP contribution in [0.5, 0.6) is 0 Å². The van der Waals surface area contributed by atoms with Crippen LogP contribution in [0.25, 0.3) is 0 Å². The lowest BCUT2D eigenvalue weighted by Crippen LogP contribution is -3.00. The number of carbonyl (C=O) groups is 2. The number of aromatic nitrogens is 3. The van der Waals surface area contributed by atoms with Crippen LogP contribution in [0.3, 0.4) is 0 Å². The molecule has 1 aliphatic rings. The Morgan fingerprint density at radius 2 is 1.70 bits per heavy atom. The topological polar surface area (TPSA) is 55.8 Å². The van der Waals surface area contributed by atoms with Gasteiger partial charge in [0.15, 0.2) is 0 Å². The summed E-state index contributed by atoms with van der Waals surface area (Å²) in [6.07, 6.45) is 3.14. The first kappa shape index (κ1) is 17.3. The van der Waals surface area contributed by atoms with E-state index in [0.29, 0.717) is 35.6 Å². The number of fused-ring (bicyclic) bond motifs is 2. The fourth-order valence-electron chi connectivity index (χ4n) is 2.94. The van der Waals surface area contributed by atoms with Gasteiger partial charge >= 0.3 is 0 Å². The van der Waals surface area contributed by atoms with Gasteiger partial charge in [-0.3, -0.25) is 9.59 Å². The normalized spacial score (nSPS) is 12.6. The van der Waals surface area contributed by atoms with E-state index in [0.717, 1.165) is 19.3 Å². The highest BCUT2D eigenvalue weighted by Gasteiger charge is 2.41. The fraction of sp³-hybridized carbons (Fsp3) is 0.412. The number of hydrogen-bond donors (Lipinski definition) is 0. The Kier molecular flexibility index (Phi) is 5.31. The maximum absolute atomic E-state index is 12.8. The van der Waals surface area contributed by atoms with Gasteiger partial charge in [-0.25, -0.2) is 0 Å². The second-order valence-electron chi connectivity index (χ2n) is 5.54. The molecule has 0 amide bonds. The number of ketones is 2. The molecule has 0 spiro atoms. The summed E-state index contributed by atoms with van der Waals surface area (Å²) in [7, 11) is 0. The molecular formula is C17H20ClN3O2. The summed E-state index contributed by atoms with van der Waals surface area (Å²) < 4.78 is 3.36. The van der Waals surface area contributed by atoms with Crippen molar-refractivity contribution in [2.24, 2.45) is 0 Å². The van der Waals surface area contributed by atoms with Gasteiger partial charge in [-0.15, -0.1) is 9.36 Å². The van der Waals surface area contributed by atoms with Crippen molar-refractivity contribution in [3.05, 3.63) is 46.8 Å². The molecule has 122 valence electrons. The molecule has 6 heteroatoms. The van der Waals surface area contributed by atoms with Crippen molar-refractivity contribution in [3.63, 3.8) is 0 Å². The Labute approximate surface area is 141 Å². The summed E-state index contributed by atoms with van der Waals surface area (Å²) in [5.41, 5.74) is 1.85. The Morgan fingerprint density at radius 1 is 1.04 bits per heavy atom. The van der Waals surface area contributed by atoms with E-state index in [1.165, 1.54) is 0 Å². The molecule has 3 rings (SSSR count). The van der Waals surface area contributed by atoms with Gasteiger partial charge in [-0.2, -0.15) is 0 Å². The number of carbonyl (C=O) groups excluding carboxylic acids is 2. The first-order valence-corrected chi connectivity index (χ1v) is 7.88. The van der Waals surface area contributed by atoms with Gasteiger partial charge in [-0.1, -0.05) is 37.6 Å². The highest BCUT2D eigenvalue weighted by Crippen LogP contribution is 2.25. The number of unbranched alkanes of at least 4 members (excludes halogenated alkanes) is 2. The number of hydrogen-bond acceptors (Lipinski definition) is 3. The molecule has 0 bridgehead atoms. The summed E-state index contributed by atoms with van der Waals surface area (Å²) in [6, 6.07) is 7.02. The first-order valence-electron chi connectivity index (χ1n) is 7.88. The van der Waals surface area contributed by atoms with Gasteiger partial charge in [0.2, 0.25) is 23.0 Å². The third-order valence-electron chi connectivity index (χ3n) is 4.08. The largest absolute Gasteiger partial charge is 1.00 e. The van der Waals surface area contributed by atoms with E-state index >= 15 is 0 Å². The van der Waals surface area contributed by atoms with Gasteiger partial charge in [0.1, 0.15) is 13.1 Å². The highest BCUT2D eigenvalue weighted by atomic mass is 35.5. The molecule has 0 saturated heterocycles. The number of halogens is 1. The number of benzene rings is 1. The van der Waals surface area contributed by atoms with E-state index in [4.69, 9.17) is 0 Å². The Balaban J connectivity index is 0.00000192.